The molecule has 0 amide bonds. The zero-order valence-electron chi connectivity index (χ0n) is 10.2. The van der Waals surface area contributed by atoms with E-state index in [-0.39, 0.29) is 10.9 Å². The summed E-state index contributed by atoms with van der Waals surface area (Å²) in [6.07, 6.45) is 1.85. The van der Waals surface area contributed by atoms with Crippen LogP contribution in [-0.2, 0) is 10.0 Å². The topological polar surface area (TPSA) is 58.2 Å². The van der Waals surface area contributed by atoms with Crippen molar-refractivity contribution in [3.63, 3.8) is 0 Å². The molecule has 4 nitrogen and oxygen atoms in total. The summed E-state index contributed by atoms with van der Waals surface area (Å²) in [4.78, 5) is 0.226. The zero-order chi connectivity index (χ0) is 13.2. The quantitative estimate of drug-likeness (QED) is 0.890. The van der Waals surface area contributed by atoms with Gasteiger partial charge in [-0.15, -0.1) is 0 Å². The normalized spacial score (nSPS) is 20.9. The van der Waals surface area contributed by atoms with Crippen molar-refractivity contribution < 1.29 is 8.42 Å². The number of hydrogen-bond donors (Lipinski definition) is 2. The van der Waals surface area contributed by atoms with E-state index in [9.17, 15) is 8.42 Å². The van der Waals surface area contributed by atoms with E-state index in [4.69, 9.17) is 11.6 Å². The van der Waals surface area contributed by atoms with Crippen LogP contribution in [0.15, 0.2) is 23.1 Å². The third-order valence-corrected chi connectivity index (χ3v) is 5.00. The Hall–Kier alpha value is -0.620. The van der Waals surface area contributed by atoms with E-state index in [0.29, 0.717) is 11.6 Å². The molecule has 0 aromatic heterocycles. The van der Waals surface area contributed by atoms with Gasteiger partial charge in [-0.3, -0.25) is 0 Å². The Labute approximate surface area is 113 Å². The number of rotatable bonds is 3. The van der Waals surface area contributed by atoms with E-state index in [2.05, 4.69) is 10.0 Å². The number of nitrogens with one attached hydrogen (secondary N) is 2. The molecule has 1 atom stereocenters. The van der Waals surface area contributed by atoms with Crippen LogP contribution >= 0.6 is 11.6 Å². The molecule has 0 unspecified atom stereocenters. The summed E-state index contributed by atoms with van der Waals surface area (Å²) in [5, 5.41) is 3.65. The second-order valence-corrected chi connectivity index (χ2v) is 6.70. The first kappa shape index (κ1) is 13.8. The Kier molecular flexibility index (Phi) is 4.27. The molecule has 0 saturated carbocycles. The van der Waals surface area contributed by atoms with Gasteiger partial charge in [0.05, 0.1) is 4.90 Å². The Bertz CT molecular complexity index is 525. The maximum absolute atomic E-state index is 12.2. The van der Waals surface area contributed by atoms with Crippen molar-refractivity contribution in [3.05, 3.63) is 28.8 Å². The van der Waals surface area contributed by atoms with Gasteiger partial charge in [-0.25, -0.2) is 13.1 Å². The molecular weight excluding hydrogens is 272 g/mol. The van der Waals surface area contributed by atoms with Crippen molar-refractivity contribution >= 4 is 21.6 Å². The number of hydrogen-bond acceptors (Lipinski definition) is 3. The molecule has 18 heavy (non-hydrogen) atoms. The maximum Gasteiger partial charge on any atom is 0.240 e. The Morgan fingerprint density at radius 2 is 2.22 bits per heavy atom. The molecule has 1 aromatic carbocycles. The van der Waals surface area contributed by atoms with E-state index in [0.717, 1.165) is 24.9 Å². The van der Waals surface area contributed by atoms with Crippen LogP contribution < -0.4 is 10.0 Å². The average Bonchev–Trinajstić information content (AvgIpc) is 2.33. The Morgan fingerprint density at radius 1 is 1.44 bits per heavy atom. The summed E-state index contributed by atoms with van der Waals surface area (Å²) >= 11 is 5.96. The molecule has 0 radical (unpaired) electrons. The molecule has 0 spiro atoms. The first-order chi connectivity index (χ1) is 8.49. The van der Waals surface area contributed by atoms with Gasteiger partial charge < -0.3 is 5.32 Å². The van der Waals surface area contributed by atoms with Crippen molar-refractivity contribution in [3.8, 4) is 0 Å². The monoisotopic (exact) mass is 288 g/mol. The van der Waals surface area contributed by atoms with E-state index in [1.165, 1.54) is 6.07 Å². The lowest BCUT2D eigenvalue weighted by atomic mass is 10.1. The molecule has 2 rings (SSSR count). The standard InChI is InChI=1S/C12H17ClN2O2S/c1-9-4-5-11(7-12(9)13)18(16,17)15-10-3-2-6-14-8-10/h4-5,7,10,14-15H,2-3,6,8H2,1H3/t10-/m1/s1. The smallest absolute Gasteiger partial charge is 0.240 e. The van der Waals surface area contributed by atoms with Gasteiger partial charge in [-0.2, -0.15) is 0 Å². The minimum absolute atomic E-state index is 0.0381. The maximum atomic E-state index is 12.2. The number of piperidine rings is 1. The highest BCUT2D eigenvalue weighted by Gasteiger charge is 2.21. The molecule has 2 N–H and O–H groups in total. The first-order valence-electron chi connectivity index (χ1n) is 5.98. The van der Waals surface area contributed by atoms with E-state index in [1.807, 2.05) is 6.92 Å². The molecule has 1 heterocycles. The SMILES string of the molecule is Cc1ccc(S(=O)(=O)N[C@@H]2CCCNC2)cc1Cl. The molecule has 0 bridgehead atoms. The second kappa shape index (κ2) is 5.57. The van der Waals surface area contributed by atoms with Crippen LogP contribution in [0, 0.1) is 6.92 Å². The van der Waals surface area contributed by atoms with Crippen molar-refractivity contribution in [2.75, 3.05) is 13.1 Å². The number of sulfonamides is 1. The predicted octanol–water partition coefficient (Wildman–Crippen LogP) is 1.68. The minimum atomic E-state index is -3.47. The lowest BCUT2D eigenvalue weighted by Crippen LogP contribution is -2.45. The largest absolute Gasteiger partial charge is 0.315 e. The summed E-state index contributed by atoms with van der Waals surface area (Å²) in [6.45, 7) is 3.48. The lowest BCUT2D eigenvalue weighted by molar-refractivity contribution is 0.428. The summed E-state index contributed by atoms with van der Waals surface area (Å²) < 4.78 is 27.0. The van der Waals surface area contributed by atoms with E-state index in [1.54, 1.807) is 12.1 Å². The molecule has 1 aliphatic rings. The van der Waals surface area contributed by atoms with Gasteiger partial charge in [0.1, 0.15) is 0 Å². The van der Waals surface area contributed by atoms with Gasteiger partial charge in [-0.1, -0.05) is 17.7 Å². The van der Waals surface area contributed by atoms with E-state index < -0.39 is 10.0 Å². The summed E-state index contributed by atoms with van der Waals surface area (Å²) in [5.41, 5.74) is 0.870. The number of halogens is 1. The molecule has 1 saturated heterocycles. The number of aryl methyl sites for hydroxylation is 1. The van der Waals surface area contributed by atoms with Crippen LogP contribution in [0.3, 0.4) is 0 Å². The summed E-state index contributed by atoms with van der Waals surface area (Å²) in [7, 11) is -3.47. The van der Waals surface area contributed by atoms with Gasteiger partial charge in [0.2, 0.25) is 10.0 Å². The molecule has 0 aliphatic carbocycles. The number of benzene rings is 1. The van der Waals surface area contributed by atoms with Gasteiger partial charge in [0.25, 0.3) is 0 Å². The van der Waals surface area contributed by atoms with Crippen LogP contribution in [0.5, 0.6) is 0 Å². The van der Waals surface area contributed by atoms with Crippen molar-refractivity contribution in [1.82, 2.24) is 10.0 Å². The highest BCUT2D eigenvalue weighted by Crippen LogP contribution is 2.20. The zero-order valence-corrected chi connectivity index (χ0v) is 11.8. The summed E-state index contributed by atoms with van der Waals surface area (Å²) in [6, 6.07) is 4.76. The highest BCUT2D eigenvalue weighted by atomic mass is 35.5. The Balaban J connectivity index is 2.16. The fraction of sp³-hybridized carbons (Fsp3) is 0.500. The fourth-order valence-electron chi connectivity index (χ4n) is 1.98. The van der Waals surface area contributed by atoms with Crippen LogP contribution in [0.2, 0.25) is 5.02 Å². The average molecular weight is 289 g/mol. The lowest BCUT2D eigenvalue weighted by Gasteiger charge is -2.23. The van der Waals surface area contributed by atoms with Crippen molar-refractivity contribution in [2.24, 2.45) is 0 Å². The van der Waals surface area contributed by atoms with Gasteiger partial charge in [0.15, 0.2) is 0 Å². The molecular formula is C12H17ClN2O2S. The molecule has 6 heteroatoms. The molecule has 1 aliphatic heterocycles. The molecule has 1 aromatic rings. The predicted molar refractivity (Wildman–Crippen MR) is 72.4 cm³/mol. The van der Waals surface area contributed by atoms with Gasteiger partial charge in [-0.05, 0) is 44.0 Å². The van der Waals surface area contributed by atoms with Crippen molar-refractivity contribution in [1.29, 1.82) is 0 Å². The minimum Gasteiger partial charge on any atom is -0.315 e. The third kappa shape index (κ3) is 3.23. The van der Waals surface area contributed by atoms with Crippen molar-refractivity contribution in [2.45, 2.75) is 30.7 Å². The summed E-state index contributed by atoms with van der Waals surface area (Å²) in [5.74, 6) is 0. The Morgan fingerprint density at radius 3 is 2.83 bits per heavy atom. The molecule has 100 valence electrons. The first-order valence-corrected chi connectivity index (χ1v) is 7.84. The highest BCUT2D eigenvalue weighted by molar-refractivity contribution is 7.89. The van der Waals surface area contributed by atoms with Crippen LogP contribution in [0.1, 0.15) is 18.4 Å². The second-order valence-electron chi connectivity index (χ2n) is 4.58. The fourth-order valence-corrected chi connectivity index (χ4v) is 3.52. The van der Waals surface area contributed by atoms with Crippen LogP contribution in [0.4, 0.5) is 0 Å². The van der Waals surface area contributed by atoms with Crippen LogP contribution in [-0.4, -0.2) is 27.5 Å². The van der Waals surface area contributed by atoms with E-state index >= 15 is 0 Å². The van der Waals surface area contributed by atoms with Crippen LogP contribution in [0.25, 0.3) is 0 Å². The van der Waals surface area contributed by atoms with Gasteiger partial charge in [0, 0.05) is 17.6 Å². The van der Waals surface area contributed by atoms with Gasteiger partial charge >= 0.3 is 0 Å². The third-order valence-electron chi connectivity index (χ3n) is 3.07. The molecule has 1 fully saturated rings.